The number of hydrogen-bond donors (Lipinski definition) is 1. The van der Waals surface area contributed by atoms with Crippen LogP contribution in [0.25, 0.3) is 0 Å². The van der Waals surface area contributed by atoms with E-state index >= 15 is 0 Å². The smallest absolute Gasteiger partial charge is 0.308 e. The van der Waals surface area contributed by atoms with E-state index in [9.17, 15) is 19.5 Å². The third-order valence-electron chi connectivity index (χ3n) is 7.50. The van der Waals surface area contributed by atoms with Crippen molar-refractivity contribution in [1.29, 1.82) is 0 Å². The summed E-state index contributed by atoms with van der Waals surface area (Å²) in [5, 5.41) is 11.8. The lowest BCUT2D eigenvalue weighted by molar-refractivity contribution is -0.188. The van der Waals surface area contributed by atoms with Crippen molar-refractivity contribution in [2.45, 2.75) is 57.9 Å². The fraction of sp³-hybridized carbons (Fsp3) is 0.667. The molecule has 38 heavy (non-hydrogen) atoms. The van der Waals surface area contributed by atoms with Crippen LogP contribution >= 0.6 is 0 Å². The molecule has 2 amide bonds. The number of amides is 2. The molecule has 0 aliphatic carbocycles. The minimum absolute atomic E-state index is 0.0320. The zero-order valence-corrected chi connectivity index (χ0v) is 22.5. The van der Waals surface area contributed by atoms with Gasteiger partial charge in [0.25, 0.3) is 5.91 Å². The maximum Gasteiger partial charge on any atom is 0.308 e. The molecule has 1 aromatic rings. The van der Waals surface area contributed by atoms with Gasteiger partial charge in [0.05, 0.1) is 26.2 Å². The molecule has 0 unspecified atom stereocenters. The van der Waals surface area contributed by atoms with Crippen molar-refractivity contribution in [2.24, 2.45) is 5.92 Å². The van der Waals surface area contributed by atoms with E-state index in [1.807, 2.05) is 24.8 Å². The summed E-state index contributed by atoms with van der Waals surface area (Å²) in [5.41, 5.74) is 0.753. The predicted octanol–water partition coefficient (Wildman–Crippen LogP) is 2.49. The molecule has 2 saturated heterocycles. The number of hydroxylamine groups is 2. The number of fused-ring (bicyclic) bond motifs is 1. The van der Waals surface area contributed by atoms with Crippen molar-refractivity contribution in [3.63, 3.8) is 0 Å². The largest absolute Gasteiger partial charge is 0.493 e. The van der Waals surface area contributed by atoms with E-state index in [4.69, 9.17) is 19.0 Å². The summed E-state index contributed by atoms with van der Waals surface area (Å²) in [6, 6.07) is 3.17. The standard InChI is InChI=1S/C27H39N3O8/c1-4-9-30(38-12-5-2)24(32)16-29-15-19(18-13-21(35-3)26-22(14-18)36-17-37-26)25(27(33)34)20(29)8-11-28-10-6-7-23(28)31/h13-14,19-20,25H,4-12,15-17H2,1-3H3,(H,33,34)/t19-,20+,25-/m1/s1. The molecule has 3 atom stereocenters. The van der Waals surface area contributed by atoms with E-state index in [1.54, 1.807) is 11.0 Å². The topological polar surface area (TPSA) is 118 Å². The van der Waals surface area contributed by atoms with Crippen LogP contribution < -0.4 is 14.2 Å². The fourth-order valence-electron chi connectivity index (χ4n) is 5.70. The highest BCUT2D eigenvalue weighted by Crippen LogP contribution is 2.47. The van der Waals surface area contributed by atoms with Crippen LogP contribution in [-0.2, 0) is 19.2 Å². The number of hydrogen-bond acceptors (Lipinski definition) is 8. The minimum atomic E-state index is -0.938. The fourth-order valence-corrected chi connectivity index (χ4v) is 5.70. The van der Waals surface area contributed by atoms with Crippen LogP contribution in [0, 0.1) is 5.92 Å². The van der Waals surface area contributed by atoms with Gasteiger partial charge in [0.1, 0.15) is 0 Å². The lowest BCUT2D eigenvalue weighted by Crippen LogP contribution is -2.45. The third-order valence-corrected chi connectivity index (χ3v) is 7.50. The van der Waals surface area contributed by atoms with Gasteiger partial charge in [-0.1, -0.05) is 13.8 Å². The molecule has 1 N–H and O–H groups in total. The maximum absolute atomic E-state index is 13.3. The Bertz CT molecular complexity index is 1020. The van der Waals surface area contributed by atoms with Gasteiger partial charge in [-0.25, -0.2) is 5.06 Å². The van der Waals surface area contributed by atoms with Gasteiger partial charge < -0.3 is 24.2 Å². The Morgan fingerprint density at radius 2 is 2.03 bits per heavy atom. The summed E-state index contributed by atoms with van der Waals surface area (Å²) in [6.07, 6.45) is 3.31. The Balaban J connectivity index is 1.62. The molecule has 3 aliphatic heterocycles. The van der Waals surface area contributed by atoms with Crippen molar-refractivity contribution >= 4 is 17.8 Å². The second-order valence-corrected chi connectivity index (χ2v) is 10.0. The molecular formula is C27H39N3O8. The Morgan fingerprint density at radius 1 is 1.21 bits per heavy atom. The molecule has 11 nitrogen and oxygen atoms in total. The predicted molar refractivity (Wildman–Crippen MR) is 137 cm³/mol. The molecule has 4 rings (SSSR count). The van der Waals surface area contributed by atoms with Crippen LogP contribution in [0.4, 0.5) is 0 Å². The van der Waals surface area contributed by atoms with Crippen LogP contribution in [0.2, 0.25) is 0 Å². The zero-order valence-electron chi connectivity index (χ0n) is 22.5. The lowest BCUT2D eigenvalue weighted by Gasteiger charge is -2.30. The molecule has 0 aromatic heterocycles. The molecule has 0 radical (unpaired) electrons. The molecular weight excluding hydrogens is 494 g/mol. The molecule has 1 aromatic carbocycles. The number of ether oxygens (including phenoxy) is 3. The highest BCUT2D eigenvalue weighted by atomic mass is 16.7. The van der Waals surface area contributed by atoms with Gasteiger partial charge in [0.15, 0.2) is 11.5 Å². The summed E-state index contributed by atoms with van der Waals surface area (Å²) < 4.78 is 16.6. The number of aliphatic carboxylic acids is 1. The number of likely N-dealkylation sites (tertiary alicyclic amines) is 2. The highest BCUT2D eigenvalue weighted by molar-refractivity contribution is 5.79. The van der Waals surface area contributed by atoms with Gasteiger partial charge in [0, 0.05) is 44.6 Å². The Morgan fingerprint density at radius 3 is 2.68 bits per heavy atom. The van der Waals surface area contributed by atoms with E-state index in [0.29, 0.717) is 62.9 Å². The van der Waals surface area contributed by atoms with Crippen molar-refractivity contribution in [1.82, 2.24) is 14.9 Å². The number of carboxylic acids is 1. The van der Waals surface area contributed by atoms with Gasteiger partial charge in [-0.15, -0.1) is 0 Å². The van der Waals surface area contributed by atoms with Crippen LogP contribution in [0.3, 0.4) is 0 Å². The van der Waals surface area contributed by atoms with Gasteiger partial charge in [0.2, 0.25) is 18.4 Å². The summed E-state index contributed by atoms with van der Waals surface area (Å²) in [4.78, 5) is 47.8. The molecule has 3 heterocycles. The van der Waals surface area contributed by atoms with Crippen LogP contribution in [0.1, 0.15) is 57.4 Å². The minimum Gasteiger partial charge on any atom is -0.493 e. The first kappa shape index (κ1) is 28.0. The summed E-state index contributed by atoms with van der Waals surface area (Å²) >= 11 is 0. The van der Waals surface area contributed by atoms with Crippen LogP contribution in [0.5, 0.6) is 17.2 Å². The number of carbonyl (C=O) groups is 3. The second-order valence-electron chi connectivity index (χ2n) is 10.0. The van der Waals surface area contributed by atoms with E-state index in [1.165, 1.54) is 12.2 Å². The van der Waals surface area contributed by atoms with Crippen molar-refractivity contribution in [3.05, 3.63) is 17.7 Å². The van der Waals surface area contributed by atoms with Crippen molar-refractivity contribution in [3.8, 4) is 17.2 Å². The van der Waals surface area contributed by atoms with Gasteiger partial charge in [-0.2, -0.15) is 0 Å². The molecule has 0 spiro atoms. The molecule has 0 bridgehead atoms. The molecule has 2 fully saturated rings. The van der Waals surface area contributed by atoms with E-state index in [-0.39, 0.29) is 25.2 Å². The van der Waals surface area contributed by atoms with E-state index < -0.39 is 23.8 Å². The molecule has 11 heteroatoms. The molecule has 3 aliphatic rings. The number of methoxy groups -OCH3 is 1. The summed E-state index contributed by atoms with van der Waals surface area (Å²) in [6.45, 7) is 6.45. The third kappa shape index (κ3) is 5.99. The average molecular weight is 534 g/mol. The number of carbonyl (C=O) groups excluding carboxylic acids is 2. The van der Waals surface area contributed by atoms with Crippen molar-refractivity contribution in [2.75, 3.05) is 53.2 Å². The quantitative estimate of drug-likeness (QED) is 0.382. The molecule has 0 saturated carbocycles. The van der Waals surface area contributed by atoms with Gasteiger partial charge >= 0.3 is 5.97 Å². The Kier molecular flexibility index (Phi) is 9.32. The van der Waals surface area contributed by atoms with Crippen LogP contribution in [0.15, 0.2) is 12.1 Å². The number of rotatable bonds is 13. The van der Waals surface area contributed by atoms with Gasteiger partial charge in [-0.05, 0) is 43.4 Å². The number of carboxylic acid groups (broad SMARTS) is 1. The monoisotopic (exact) mass is 533 g/mol. The van der Waals surface area contributed by atoms with E-state index in [2.05, 4.69) is 0 Å². The number of benzene rings is 1. The number of nitrogens with zero attached hydrogens (tertiary/aromatic N) is 3. The average Bonchev–Trinajstić information content (AvgIpc) is 3.63. The first-order valence-corrected chi connectivity index (χ1v) is 13.5. The lowest BCUT2D eigenvalue weighted by atomic mass is 9.84. The molecule has 210 valence electrons. The summed E-state index contributed by atoms with van der Waals surface area (Å²) in [5.74, 6) is -0.755. The van der Waals surface area contributed by atoms with E-state index in [0.717, 1.165) is 24.8 Å². The zero-order chi connectivity index (χ0) is 27.2. The second kappa shape index (κ2) is 12.7. The van der Waals surface area contributed by atoms with Crippen molar-refractivity contribution < 1.29 is 38.5 Å². The highest BCUT2D eigenvalue weighted by Gasteiger charge is 2.48. The maximum atomic E-state index is 13.3. The summed E-state index contributed by atoms with van der Waals surface area (Å²) in [7, 11) is 1.53. The normalized spacial score (nSPS) is 22.8. The van der Waals surface area contributed by atoms with Crippen LogP contribution in [-0.4, -0.2) is 97.0 Å². The first-order valence-electron chi connectivity index (χ1n) is 13.5. The van der Waals surface area contributed by atoms with Gasteiger partial charge in [-0.3, -0.25) is 24.1 Å². The SMILES string of the molecule is CCCON(CCC)C(=O)CN1C[C@H](c2cc(OC)c3c(c2)OCO3)[C@@H](C(=O)O)[C@@H]1CCN1CCCC1=O. The Labute approximate surface area is 223 Å². The first-order chi connectivity index (χ1) is 18.4. The Hall–Kier alpha value is -3.05.